The number of benzene rings is 1. The Kier molecular flexibility index (Phi) is 5.91. The Morgan fingerprint density at radius 1 is 1.12 bits per heavy atom. The van der Waals surface area contributed by atoms with Crippen LogP contribution in [0.25, 0.3) is 6.08 Å². The first kappa shape index (κ1) is 18.0. The molecule has 1 aromatic heterocycles. The van der Waals surface area contributed by atoms with Gasteiger partial charge in [-0.2, -0.15) is 0 Å². The molecule has 134 valence electrons. The first-order chi connectivity index (χ1) is 12.6. The van der Waals surface area contributed by atoms with Crippen LogP contribution in [0.4, 0.5) is 10.2 Å². The lowest BCUT2D eigenvalue weighted by molar-refractivity contribution is -0.364. The van der Waals surface area contributed by atoms with E-state index in [4.69, 9.17) is 12.2 Å². The molecule has 0 atom stereocenters. The number of carbonyl (C=O) groups is 1. The average molecular weight is 371 g/mol. The smallest absolute Gasteiger partial charge is 0.274 e. The Labute approximate surface area is 157 Å². The Morgan fingerprint density at radius 2 is 1.85 bits per heavy atom. The molecule has 3 rings (SSSR count). The highest BCUT2D eigenvalue weighted by molar-refractivity contribution is 7.80. The van der Waals surface area contributed by atoms with Crippen molar-refractivity contribution in [2.24, 2.45) is 0 Å². The third-order valence-corrected chi connectivity index (χ3v) is 4.49. The Morgan fingerprint density at radius 3 is 2.50 bits per heavy atom. The van der Waals surface area contributed by atoms with Gasteiger partial charge in [-0.05, 0) is 42.1 Å². The van der Waals surface area contributed by atoms with Crippen LogP contribution in [0.3, 0.4) is 0 Å². The molecule has 1 saturated heterocycles. The van der Waals surface area contributed by atoms with Crippen LogP contribution in [0.5, 0.6) is 0 Å². The lowest BCUT2D eigenvalue weighted by atomic mass is 10.2. The predicted octanol–water partition coefficient (Wildman–Crippen LogP) is 1.88. The number of amides is 1. The number of aromatic nitrogens is 1. The van der Waals surface area contributed by atoms with Gasteiger partial charge in [0.15, 0.2) is 5.11 Å². The van der Waals surface area contributed by atoms with Crippen LogP contribution in [0.1, 0.15) is 5.56 Å². The molecule has 1 aliphatic rings. The molecule has 1 aromatic carbocycles. The van der Waals surface area contributed by atoms with Crippen molar-refractivity contribution in [1.82, 2.24) is 10.2 Å². The molecule has 1 fully saturated rings. The summed E-state index contributed by atoms with van der Waals surface area (Å²) in [7, 11) is 0. The fourth-order valence-corrected chi connectivity index (χ4v) is 2.99. The largest absolute Gasteiger partial charge is 0.341 e. The number of hydrogen-bond acceptors (Lipinski definition) is 3. The molecule has 0 spiro atoms. The first-order valence-corrected chi connectivity index (χ1v) is 8.78. The fourth-order valence-electron chi connectivity index (χ4n) is 2.70. The maximum absolute atomic E-state index is 12.9. The number of aromatic amines is 1. The number of anilines is 1. The highest BCUT2D eigenvalue weighted by Crippen LogP contribution is 2.10. The average Bonchev–Trinajstić information content (AvgIpc) is 2.68. The summed E-state index contributed by atoms with van der Waals surface area (Å²) in [4.78, 5) is 19.5. The van der Waals surface area contributed by atoms with E-state index >= 15 is 0 Å². The number of thiocarbonyl (C=S) groups is 1. The number of halogens is 1. The topological polar surface area (TPSA) is 49.7 Å². The second-order valence-electron chi connectivity index (χ2n) is 5.90. The molecule has 0 radical (unpaired) electrons. The van der Waals surface area contributed by atoms with Crippen LogP contribution in [-0.4, -0.2) is 42.1 Å². The molecule has 0 aliphatic carbocycles. The molecule has 0 saturated carbocycles. The van der Waals surface area contributed by atoms with Gasteiger partial charge in [0.1, 0.15) is 18.9 Å². The molecule has 0 unspecified atom stereocenters. The summed E-state index contributed by atoms with van der Waals surface area (Å²) in [5.41, 5.74) is 0.750. The molecular weight excluding hydrogens is 351 g/mol. The second-order valence-corrected chi connectivity index (χ2v) is 6.29. The van der Waals surface area contributed by atoms with Gasteiger partial charge in [0.25, 0.3) is 5.82 Å². The monoisotopic (exact) mass is 371 g/mol. The summed E-state index contributed by atoms with van der Waals surface area (Å²) in [6.45, 7) is 3.12. The van der Waals surface area contributed by atoms with E-state index in [9.17, 15) is 9.18 Å². The van der Waals surface area contributed by atoms with Crippen LogP contribution >= 0.6 is 12.2 Å². The minimum atomic E-state index is -0.306. The zero-order valence-corrected chi connectivity index (χ0v) is 15.0. The summed E-state index contributed by atoms with van der Waals surface area (Å²) in [6.07, 6.45) is 4.93. The Hall–Kier alpha value is -2.80. The third kappa shape index (κ3) is 4.86. The van der Waals surface area contributed by atoms with Gasteiger partial charge in [0.05, 0.1) is 19.3 Å². The van der Waals surface area contributed by atoms with Crippen molar-refractivity contribution in [3.8, 4) is 0 Å². The van der Waals surface area contributed by atoms with Gasteiger partial charge < -0.3 is 4.90 Å². The molecule has 1 aliphatic heterocycles. The number of hydrogen-bond donors (Lipinski definition) is 1. The molecule has 7 heteroatoms. The molecule has 0 bridgehead atoms. The van der Waals surface area contributed by atoms with Gasteiger partial charge in [-0.3, -0.25) is 15.0 Å². The number of rotatable bonds is 3. The van der Waals surface area contributed by atoms with E-state index < -0.39 is 0 Å². The van der Waals surface area contributed by atoms with E-state index in [1.54, 1.807) is 18.2 Å². The van der Waals surface area contributed by atoms with Crippen LogP contribution in [-0.2, 0) is 4.79 Å². The number of H-pyrrole nitrogens is 1. The quantitative estimate of drug-likeness (QED) is 0.661. The van der Waals surface area contributed by atoms with Crippen LogP contribution in [0.2, 0.25) is 0 Å². The summed E-state index contributed by atoms with van der Waals surface area (Å²) in [6, 6.07) is 11.9. The van der Waals surface area contributed by atoms with Crippen molar-refractivity contribution in [3.05, 3.63) is 66.1 Å². The highest BCUT2D eigenvalue weighted by atomic mass is 32.1. The van der Waals surface area contributed by atoms with Gasteiger partial charge in [0.2, 0.25) is 5.91 Å². The van der Waals surface area contributed by atoms with E-state index in [0.717, 1.165) is 37.6 Å². The minimum Gasteiger partial charge on any atom is -0.341 e. The maximum atomic E-state index is 12.9. The summed E-state index contributed by atoms with van der Waals surface area (Å²) < 4.78 is 12.9. The molecule has 5 nitrogen and oxygen atoms in total. The zero-order valence-electron chi connectivity index (χ0n) is 14.2. The van der Waals surface area contributed by atoms with E-state index in [2.05, 4.69) is 15.2 Å². The lowest BCUT2D eigenvalue weighted by Gasteiger charge is -2.32. The number of nitrogens with zero attached hydrogens (tertiary/aromatic N) is 2. The normalized spacial score (nSPS) is 14.5. The van der Waals surface area contributed by atoms with Crippen molar-refractivity contribution in [2.75, 3.05) is 31.1 Å². The minimum absolute atomic E-state index is 0.293. The van der Waals surface area contributed by atoms with E-state index in [-0.39, 0.29) is 11.7 Å². The highest BCUT2D eigenvalue weighted by Gasteiger charge is 2.24. The molecule has 2 N–H and O–H groups in total. The number of nitrogens with one attached hydrogen (secondary N) is 2. The Bertz CT molecular complexity index is 787. The van der Waals surface area contributed by atoms with E-state index in [1.165, 1.54) is 18.2 Å². The summed E-state index contributed by atoms with van der Waals surface area (Å²) >= 11 is 5.34. The van der Waals surface area contributed by atoms with Crippen molar-refractivity contribution in [2.45, 2.75) is 0 Å². The van der Waals surface area contributed by atoms with Gasteiger partial charge >= 0.3 is 0 Å². The van der Waals surface area contributed by atoms with Crippen molar-refractivity contribution >= 4 is 35.1 Å². The third-order valence-electron chi connectivity index (χ3n) is 4.13. The number of pyridine rings is 1. The van der Waals surface area contributed by atoms with Crippen LogP contribution < -0.4 is 15.2 Å². The van der Waals surface area contributed by atoms with Gasteiger partial charge in [-0.1, -0.05) is 18.2 Å². The van der Waals surface area contributed by atoms with Crippen LogP contribution in [0.15, 0.2) is 54.7 Å². The molecular formula is C19H20FN4OS+. The first-order valence-electron chi connectivity index (χ1n) is 8.37. The second kappa shape index (κ2) is 8.53. The Balaban J connectivity index is 1.48. The predicted molar refractivity (Wildman–Crippen MR) is 103 cm³/mol. The lowest BCUT2D eigenvalue weighted by Crippen LogP contribution is -2.53. The van der Waals surface area contributed by atoms with Gasteiger partial charge in [0, 0.05) is 12.1 Å². The fraction of sp³-hybridized carbons (Fsp3) is 0.211. The SMILES string of the molecule is O=C(C=Cc1ccc(F)cc1)NC(=S)N1CCN(c2cccc[nH+]2)CC1. The van der Waals surface area contributed by atoms with Crippen molar-refractivity contribution in [1.29, 1.82) is 0 Å². The zero-order chi connectivity index (χ0) is 18.4. The van der Waals surface area contributed by atoms with E-state index in [0.29, 0.717) is 5.11 Å². The molecule has 2 aromatic rings. The van der Waals surface area contributed by atoms with Gasteiger partial charge in [-0.15, -0.1) is 0 Å². The van der Waals surface area contributed by atoms with Crippen LogP contribution in [0, 0.1) is 5.82 Å². The molecule has 26 heavy (non-hydrogen) atoms. The molecule has 1 amide bonds. The number of carbonyl (C=O) groups excluding carboxylic acids is 1. The summed E-state index contributed by atoms with van der Waals surface area (Å²) in [5, 5.41) is 3.14. The summed E-state index contributed by atoms with van der Waals surface area (Å²) in [5.74, 6) is 0.475. The van der Waals surface area contributed by atoms with E-state index in [1.807, 2.05) is 29.3 Å². The van der Waals surface area contributed by atoms with Crippen molar-refractivity contribution in [3.63, 3.8) is 0 Å². The maximum Gasteiger partial charge on any atom is 0.274 e. The molecule has 2 heterocycles. The number of piperazine rings is 1. The standard InChI is InChI=1S/C19H19FN4OS/c20-16-7-4-15(5-8-16)6-9-18(25)22-19(26)24-13-11-23(12-14-24)17-3-1-2-10-21-17/h1-10H,11-14H2,(H,22,25,26)/p+1. The van der Waals surface area contributed by atoms with Crippen molar-refractivity contribution < 1.29 is 14.2 Å². The van der Waals surface area contributed by atoms with Gasteiger partial charge in [-0.25, -0.2) is 9.37 Å².